The van der Waals surface area contributed by atoms with E-state index in [9.17, 15) is 4.79 Å². The summed E-state index contributed by atoms with van der Waals surface area (Å²) in [6.07, 6.45) is 6.40. The summed E-state index contributed by atoms with van der Waals surface area (Å²) >= 11 is 7.25. The fourth-order valence-corrected chi connectivity index (χ4v) is 3.51. The van der Waals surface area contributed by atoms with Gasteiger partial charge < -0.3 is 9.52 Å². The Kier molecular flexibility index (Phi) is 4.65. The van der Waals surface area contributed by atoms with Crippen LogP contribution in [0, 0.1) is 0 Å². The van der Waals surface area contributed by atoms with Crippen molar-refractivity contribution >= 4 is 29.3 Å². The molecule has 1 aliphatic carbocycles. The minimum atomic E-state index is -1.06. The Labute approximate surface area is 158 Å². The van der Waals surface area contributed by atoms with Crippen LogP contribution in [-0.4, -0.2) is 26.0 Å². The van der Waals surface area contributed by atoms with Crippen molar-refractivity contribution in [1.82, 2.24) is 15.0 Å². The number of halogens is 1. The Hall–Kier alpha value is -2.38. The van der Waals surface area contributed by atoms with Gasteiger partial charge in [0, 0.05) is 23.9 Å². The van der Waals surface area contributed by atoms with Crippen LogP contribution in [0.3, 0.4) is 0 Å². The molecule has 0 bridgehead atoms. The predicted molar refractivity (Wildman–Crippen MR) is 96.7 cm³/mol. The van der Waals surface area contributed by atoms with E-state index in [1.54, 1.807) is 18.3 Å². The van der Waals surface area contributed by atoms with E-state index in [1.165, 1.54) is 30.4 Å². The van der Waals surface area contributed by atoms with E-state index in [1.807, 2.05) is 6.07 Å². The number of carbonyl (C=O) groups is 1. The summed E-state index contributed by atoms with van der Waals surface area (Å²) in [5, 5.41) is 10.9. The van der Waals surface area contributed by atoms with E-state index in [0.717, 1.165) is 17.9 Å². The number of aromatic nitrogens is 3. The Bertz CT molecular complexity index is 937. The molecular formula is C18H14ClN3O3S. The van der Waals surface area contributed by atoms with Gasteiger partial charge in [0.25, 0.3) is 0 Å². The van der Waals surface area contributed by atoms with E-state index in [-0.39, 0.29) is 5.69 Å². The Balaban J connectivity index is 1.70. The summed E-state index contributed by atoms with van der Waals surface area (Å²) in [4.78, 5) is 23.9. The van der Waals surface area contributed by atoms with Crippen LogP contribution in [0.5, 0.6) is 0 Å². The molecule has 1 N–H and O–H groups in total. The number of hydrogen-bond donors (Lipinski definition) is 1. The maximum absolute atomic E-state index is 11.0. The lowest BCUT2D eigenvalue weighted by atomic mass is 9.85. The van der Waals surface area contributed by atoms with Crippen LogP contribution in [0.4, 0.5) is 0 Å². The molecule has 1 saturated carbocycles. The van der Waals surface area contributed by atoms with Gasteiger partial charge in [-0.25, -0.2) is 19.7 Å². The second kappa shape index (κ2) is 7.09. The van der Waals surface area contributed by atoms with Crippen molar-refractivity contribution in [3.63, 3.8) is 0 Å². The second-order valence-electron chi connectivity index (χ2n) is 5.97. The van der Waals surface area contributed by atoms with Gasteiger partial charge >= 0.3 is 5.97 Å². The number of pyridine rings is 2. The molecule has 6 nitrogen and oxygen atoms in total. The molecule has 0 atom stereocenters. The summed E-state index contributed by atoms with van der Waals surface area (Å²) in [5.74, 6) is -0.00984. The maximum atomic E-state index is 11.0. The Morgan fingerprint density at radius 3 is 2.62 bits per heavy atom. The van der Waals surface area contributed by atoms with E-state index in [0.29, 0.717) is 33.2 Å². The number of carboxylic acid groups (broad SMARTS) is 1. The summed E-state index contributed by atoms with van der Waals surface area (Å²) in [7, 11) is 0. The first kappa shape index (κ1) is 17.1. The SMILES string of the molecule is O=C(O)c1ccc(-c2nc(C3CCC3)oc2Sc2ccc(Cl)cn2)cn1. The molecule has 26 heavy (non-hydrogen) atoms. The third-order valence-electron chi connectivity index (χ3n) is 4.22. The zero-order valence-electron chi connectivity index (χ0n) is 13.6. The molecule has 0 unspecified atom stereocenters. The largest absolute Gasteiger partial charge is 0.477 e. The lowest BCUT2D eigenvalue weighted by molar-refractivity contribution is 0.0690. The molecule has 0 radical (unpaired) electrons. The zero-order valence-corrected chi connectivity index (χ0v) is 15.1. The summed E-state index contributed by atoms with van der Waals surface area (Å²) in [6, 6.07) is 6.74. The van der Waals surface area contributed by atoms with Crippen molar-refractivity contribution in [3.8, 4) is 11.3 Å². The number of rotatable bonds is 5. The number of hydrogen-bond acceptors (Lipinski definition) is 6. The van der Waals surface area contributed by atoms with Crippen LogP contribution < -0.4 is 0 Å². The molecule has 0 aromatic carbocycles. The lowest BCUT2D eigenvalue weighted by Crippen LogP contribution is -2.08. The molecular weight excluding hydrogens is 374 g/mol. The normalized spacial score (nSPS) is 14.2. The summed E-state index contributed by atoms with van der Waals surface area (Å²) in [6.45, 7) is 0. The van der Waals surface area contributed by atoms with Crippen molar-refractivity contribution in [1.29, 1.82) is 0 Å². The quantitative estimate of drug-likeness (QED) is 0.665. The summed E-state index contributed by atoms with van der Waals surface area (Å²) in [5.41, 5.74) is 1.35. The number of carboxylic acids is 1. The van der Waals surface area contributed by atoms with Gasteiger partial charge in [0.1, 0.15) is 16.4 Å². The number of nitrogens with zero attached hydrogens (tertiary/aromatic N) is 3. The molecule has 1 fully saturated rings. The van der Waals surface area contributed by atoms with Gasteiger partial charge in [0.2, 0.25) is 0 Å². The van der Waals surface area contributed by atoms with Crippen molar-refractivity contribution in [2.24, 2.45) is 0 Å². The topological polar surface area (TPSA) is 89.1 Å². The van der Waals surface area contributed by atoms with Gasteiger partial charge in [-0.05, 0) is 48.9 Å². The molecule has 0 aliphatic heterocycles. The maximum Gasteiger partial charge on any atom is 0.354 e. The van der Waals surface area contributed by atoms with Crippen LogP contribution in [0.15, 0.2) is 51.2 Å². The lowest BCUT2D eigenvalue weighted by Gasteiger charge is -2.21. The highest BCUT2D eigenvalue weighted by atomic mass is 35.5. The molecule has 0 saturated heterocycles. The molecule has 3 aromatic rings. The molecule has 4 rings (SSSR count). The van der Waals surface area contributed by atoms with Crippen LogP contribution in [0.2, 0.25) is 5.02 Å². The van der Waals surface area contributed by atoms with Crippen LogP contribution in [0.1, 0.15) is 41.6 Å². The average Bonchev–Trinajstić information content (AvgIpc) is 2.98. The van der Waals surface area contributed by atoms with Gasteiger partial charge in [-0.2, -0.15) is 0 Å². The Morgan fingerprint density at radius 2 is 2.04 bits per heavy atom. The highest BCUT2D eigenvalue weighted by Crippen LogP contribution is 2.42. The first-order valence-corrected chi connectivity index (χ1v) is 9.29. The van der Waals surface area contributed by atoms with Crippen LogP contribution in [-0.2, 0) is 0 Å². The van der Waals surface area contributed by atoms with E-state index < -0.39 is 5.97 Å². The standard InChI is InChI=1S/C18H14ClN3O3S/c19-12-5-7-14(21-9-12)26-18-15(22-16(25-18)10-2-1-3-10)11-4-6-13(17(23)24)20-8-11/h4-10H,1-3H2,(H,23,24). The Morgan fingerprint density at radius 1 is 1.19 bits per heavy atom. The monoisotopic (exact) mass is 387 g/mol. The smallest absolute Gasteiger partial charge is 0.354 e. The minimum absolute atomic E-state index is 0.00923. The second-order valence-corrected chi connectivity index (χ2v) is 7.40. The number of oxazole rings is 1. The molecule has 3 heterocycles. The van der Waals surface area contributed by atoms with Gasteiger partial charge in [0.15, 0.2) is 11.0 Å². The first-order valence-electron chi connectivity index (χ1n) is 8.10. The minimum Gasteiger partial charge on any atom is -0.477 e. The van der Waals surface area contributed by atoms with Crippen LogP contribution >= 0.6 is 23.4 Å². The zero-order chi connectivity index (χ0) is 18.1. The number of aromatic carboxylic acids is 1. The van der Waals surface area contributed by atoms with Gasteiger partial charge in [-0.3, -0.25) is 0 Å². The van der Waals surface area contributed by atoms with E-state index in [4.69, 9.17) is 21.1 Å². The molecule has 8 heteroatoms. The van der Waals surface area contributed by atoms with Crippen molar-refractivity contribution < 1.29 is 14.3 Å². The molecule has 0 amide bonds. The predicted octanol–water partition coefficient (Wildman–Crippen LogP) is 4.90. The fourth-order valence-electron chi connectivity index (χ4n) is 2.58. The molecule has 1 aliphatic rings. The summed E-state index contributed by atoms with van der Waals surface area (Å²) < 4.78 is 6.02. The van der Waals surface area contributed by atoms with Gasteiger partial charge in [-0.15, -0.1) is 0 Å². The average molecular weight is 388 g/mol. The van der Waals surface area contributed by atoms with Gasteiger partial charge in [0.05, 0.1) is 5.02 Å². The highest BCUT2D eigenvalue weighted by molar-refractivity contribution is 7.99. The van der Waals surface area contributed by atoms with Crippen molar-refractivity contribution in [2.75, 3.05) is 0 Å². The van der Waals surface area contributed by atoms with Crippen molar-refractivity contribution in [3.05, 3.63) is 53.3 Å². The fraction of sp³-hybridized carbons (Fsp3) is 0.222. The van der Waals surface area contributed by atoms with Crippen molar-refractivity contribution in [2.45, 2.75) is 35.3 Å². The molecule has 0 spiro atoms. The van der Waals surface area contributed by atoms with Gasteiger partial charge in [-0.1, -0.05) is 18.0 Å². The third kappa shape index (κ3) is 3.45. The molecule has 132 valence electrons. The third-order valence-corrected chi connectivity index (χ3v) is 5.36. The highest BCUT2D eigenvalue weighted by Gasteiger charge is 2.27. The van der Waals surface area contributed by atoms with Crippen LogP contribution in [0.25, 0.3) is 11.3 Å². The van der Waals surface area contributed by atoms with E-state index in [2.05, 4.69) is 15.0 Å². The first-order chi connectivity index (χ1) is 12.6. The molecule has 3 aromatic heterocycles. The van der Waals surface area contributed by atoms with E-state index >= 15 is 0 Å².